The number of nitrogens with zero attached hydrogens (tertiary/aromatic N) is 2. The number of nitro benzene ring substituents is 1. The molecule has 1 saturated heterocycles. The number of non-ortho nitro benzene ring substituents is 1. The average Bonchev–Trinajstić information content (AvgIpc) is 3.00. The maximum absolute atomic E-state index is 13.7. The maximum Gasteiger partial charge on any atom is 0.416 e. The highest BCUT2D eigenvalue weighted by molar-refractivity contribution is 8.25. The van der Waals surface area contributed by atoms with Crippen LogP contribution in [0.15, 0.2) is 66.7 Å². The Bertz CT molecular complexity index is 1510. The van der Waals surface area contributed by atoms with E-state index in [4.69, 9.17) is 0 Å². The van der Waals surface area contributed by atoms with E-state index in [1.54, 1.807) is 18.2 Å². The van der Waals surface area contributed by atoms with Crippen molar-refractivity contribution in [3.63, 3.8) is 0 Å². The smallest absolute Gasteiger partial charge is 0.390 e. The summed E-state index contributed by atoms with van der Waals surface area (Å²) in [4.78, 5) is 24.0. The van der Waals surface area contributed by atoms with Crippen LogP contribution in [0.1, 0.15) is 46.8 Å². The fourth-order valence-electron chi connectivity index (χ4n) is 5.25. The summed E-state index contributed by atoms with van der Waals surface area (Å²) in [6.45, 7) is 2.49. The summed E-state index contributed by atoms with van der Waals surface area (Å²) < 4.78 is 62.9. The standard InChI is InChI=1S/C31H38F3N5O6S/c1-2-36-25-15-23(16-26(18-25)38-10-6-7-11-46(38,44)45)30(41)37-28(14-21-8-4-3-5-9-21)29(40)20-35-19-22-12-24(31(32,33)34)17-27(13-22)39(42)43/h3-5,8-9,12-13,15-18,28-29,35-36,40,44-45H,2,6-7,10-11,14,19-20H2,1H3,(H,37,41)/t28-,29-/m0/s1. The molecule has 3 aromatic carbocycles. The van der Waals surface area contributed by atoms with E-state index in [1.165, 1.54) is 4.31 Å². The SMILES string of the molecule is CCNc1cc(C(=O)N[C@@H](Cc2ccccc2)[C@@H](O)CNCc2cc([N+](=O)[O-])cc(C(F)(F)F)c2)cc(N2CCCCS2(O)O)c1. The van der Waals surface area contributed by atoms with Crippen LogP contribution in [-0.2, 0) is 19.1 Å². The number of rotatable bonds is 13. The molecule has 0 bridgehead atoms. The molecule has 6 N–H and O–H groups in total. The molecule has 0 spiro atoms. The van der Waals surface area contributed by atoms with E-state index in [9.17, 15) is 42.3 Å². The molecule has 0 unspecified atom stereocenters. The lowest BCUT2D eigenvalue weighted by Gasteiger charge is -2.47. The number of halogens is 3. The molecule has 4 rings (SSSR count). The fourth-order valence-corrected chi connectivity index (χ4v) is 6.93. The second kappa shape index (κ2) is 15.1. The molecule has 2 atom stereocenters. The first-order valence-electron chi connectivity index (χ1n) is 14.8. The van der Waals surface area contributed by atoms with Gasteiger partial charge in [0.15, 0.2) is 0 Å². The first-order chi connectivity index (χ1) is 21.8. The topological polar surface area (TPSA) is 160 Å². The zero-order valence-electron chi connectivity index (χ0n) is 25.2. The summed E-state index contributed by atoms with van der Waals surface area (Å²) >= 11 is 0. The van der Waals surface area contributed by atoms with Gasteiger partial charge in [0.05, 0.1) is 34.1 Å². The van der Waals surface area contributed by atoms with E-state index in [0.29, 0.717) is 37.0 Å². The molecule has 1 aliphatic heterocycles. The van der Waals surface area contributed by atoms with Crippen LogP contribution in [0.3, 0.4) is 0 Å². The zero-order chi connectivity index (χ0) is 33.5. The molecular formula is C31H38F3N5O6S. The van der Waals surface area contributed by atoms with Crippen molar-refractivity contribution in [3.05, 3.63) is 99.1 Å². The summed E-state index contributed by atoms with van der Waals surface area (Å²) in [5.41, 5.74) is 0.259. The largest absolute Gasteiger partial charge is 0.416 e. The number of amides is 1. The van der Waals surface area contributed by atoms with E-state index < -0.39 is 51.2 Å². The molecule has 0 saturated carbocycles. The minimum Gasteiger partial charge on any atom is -0.390 e. The molecule has 11 nitrogen and oxygen atoms in total. The number of aliphatic hydroxyl groups is 1. The molecular weight excluding hydrogens is 627 g/mol. The van der Waals surface area contributed by atoms with Crippen LogP contribution < -0.4 is 20.3 Å². The van der Waals surface area contributed by atoms with Crippen molar-refractivity contribution >= 4 is 33.7 Å². The van der Waals surface area contributed by atoms with Gasteiger partial charge in [-0.1, -0.05) is 30.3 Å². The first-order valence-corrected chi connectivity index (χ1v) is 16.5. The molecule has 15 heteroatoms. The Morgan fingerprint density at radius 1 is 1.07 bits per heavy atom. The fraction of sp³-hybridized carbons (Fsp3) is 0.387. The number of carbonyl (C=O) groups excluding carboxylic acids is 1. The Morgan fingerprint density at radius 3 is 2.46 bits per heavy atom. The Labute approximate surface area is 266 Å². The highest BCUT2D eigenvalue weighted by atomic mass is 32.3. The quantitative estimate of drug-likeness (QED) is 0.0979. The van der Waals surface area contributed by atoms with Crippen molar-refractivity contribution in [2.75, 3.05) is 35.0 Å². The van der Waals surface area contributed by atoms with Gasteiger partial charge in [-0.05, 0) is 61.6 Å². The number of aliphatic hydroxyl groups excluding tert-OH is 1. The minimum absolute atomic E-state index is 0.00817. The van der Waals surface area contributed by atoms with Crippen molar-refractivity contribution < 1.29 is 37.1 Å². The molecule has 1 aliphatic rings. The van der Waals surface area contributed by atoms with E-state index in [0.717, 1.165) is 24.1 Å². The van der Waals surface area contributed by atoms with Crippen LogP contribution in [0, 0.1) is 10.1 Å². The first kappa shape index (κ1) is 35.0. The number of hydrogen-bond donors (Lipinski definition) is 6. The number of hydrogen-bond acceptors (Lipinski definition) is 9. The van der Waals surface area contributed by atoms with Gasteiger partial charge in [-0.3, -0.25) is 28.3 Å². The van der Waals surface area contributed by atoms with Gasteiger partial charge < -0.3 is 21.1 Å². The third kappa shape index (κ3) is 9.33. The molecule has 1 amide bonds. The van der Waals surface area contributed by atoms with Crippen LogP contribution >= 0.6 is 10.8 Å². The number of alkyl halides is 3. The Balaban J connectivity index is 1.54. The lowest BCUT2D eigenvalue weighted by atomic mass is 10.00. The number of benzene rings is 3. The van der Waals surface area contributed by atoms with Crippen molar-refractivity contribution in [1.82, 2.24) is 10.6 Å². The zero-order valence-corrected chi connectivity index (χ0v) is 26.0. The lowest BCUT2D eigenvalue weighted by Crippen LogP contribution is -2.48. The van der Waals surface area contributed by atoms with Crippen molar-refractivity contribution in [3.8, 4) is 0 Å². The normalized spacial score (nSPS) is 16.7. The van der Waals surface area contributed by atoms with Gasteiger partial charge >= 0.3 is 6.18 Å². The highest BCUT2D eigenvalue weighted by Gasteiger charge is 2.33. The second-order valence-corrected chi connectivity index (χ2v) is 13.2. The van der Waals surface area contributed by atoms with Crippen molar-refractivity contribution in [2.45, 2.75) is 51.1 Å². The van der Waals surface area contributed by atoms with Gasteiger partial charge in [0, 0.05) is 49.6 Å². The summed E-state index contributed by atoms with van der Waals surface area (Å²) in [6, 6.07) is 15.5. The van der Waals surface area contributed by atoms with Crippen LogP contribution in [0.5, 0.6) is 0 Å². The van der Waals surface area contributed by atoms with Crippen LogP contribution in [-0.4, -0.2) is 62.6 Å². The summed E-state index contributed by atoms with van der Waals surface area (Å²) in [5, 5.41) is 31.3. The van der Waals surface area contributed by atoms with Gasteiger partial charge in [-0.2, -0.15) is 13.2 Å². The van der Waals surface area contributed by atoms with E-state index in [2.05, 4.69) is 16.0 Å². The van der Waals surface area contributed by atoms with E-state index >= 15 is 0 Å². The van der Waals surface area contributed by atoms with Gasteiger partial charge in [-0.25, -0.2) is 0 Å². The maximum atomic E-state index is 13.7. The molecule has 3 aromatic rings. The minimum atomic E-state index is -4.78. The Kier molecular flexibility index (Phi) is 11.5. The second-order valence-electron chi connectivity index (χ2n) is 11.1. The number of carbonyl (C=O) groups is 1. The third-order valence-electron chi connectivity index (χ3n) is 7.51. The summed E-state index contributed by atoms with van der Waals surface area (Å²) in [5.74, 6) is -0.297. The van der Waals surface area contributed by atoms with E-state index in [-0.39, 0.29) is 36.4 Å². The molecule has 0 aliphatic carbocycles. The Morgan fingerprint density at radius 2 is 1.80 bits per heavy atom. The molecule has 0 radical (unpaired) electrons. The van der Waals surface area contributed by atoms with Gasteiger partial charge in [0.25, 0.3) is 11.6 Å². The van der Waals surface area contributed by atoms with Crippen molar-refractivity contribution in [1.29, 1.82) is 0 Å². The predicted octanol–water partition coefficient (Wildman–Crippen LogP) is 5.80. The molecule has 0 aromatic heterocycles. The summed E-state index contributed by atoms with van der Waals surface area (Å²) in [7, 11) is -3.05. The van der Waals surface area contributed by atoms with Crippen LogP contribution in [0.4, 0.5) is 30.2 Å². The van der Waals surface area contributed by atoms with Gasteiger partial charge in [0.2, 0.25) is 0 Å². The Hall–Kier alpha value is -3.89. The lowest BCUT2D eigenvalue weighted by molar-refractivity contribution is -0.385. The number of nitro groups is 1. The van der Waals surface area contributed by atoms with Gasteiger partial charge in [-0.15, -0.1) is 10.8 Å². The third-order valence-corrected chi connectivity index (χ3v) is 9.44. The number of nitrogens with one attached hydrogen (secondary N) is 3. The number of anilines is 2. The molecule has 250 valence electrons. The highest BCUT2D eigenvalue weighted by Crippen LogP contribution is 2.50. The average molecular weight is 666 g/mol. The summed E-state index contributed by atoms with van der Waals surface area (Å²) in [6.07, 6.45) is -4.33. The monoisotopic (exact) mass is 665 g/mol. The predicted molar refractivity (Wildman–Crippen MR) is 172 cm³/mol. The molecule has 46 heavy (non-hydrogen) atoms. The molecule has 1 heterocycles. The van der Waals surface area contributed by atoms with E-state index in [1.807, 2.05) is 37.3 Å². The molecule has 1 fully saturated rings. The van der Waals surface area contributed by atoms with Crippen LogP contribution in [0.2, 0.25) is 0 Å². The van der Waals surface area contributed by atoms with Crippen LogP contribution in [0.25, 0.3) is 0 Å². The van der Waals surface area contributed by atoms with Gasteiger partial charge in [0.1, 0.15) is 0 Å². The van der Waals surface area contributed by atoms with Crippen molar-refractivity contribution in [2.24, 2.45) is 0 Å².